The summed E-state index contributed by atoms with van der Waals surface area (Å²) in [6.45, 7) is 4.48. The topological polar surface area (TPSA) is 118 Å². The smallest absolute Gasteiger partial charge is 0.327 e. The second-order valence-corrected chi connectivity index (χ2v) is 13.4. The van der Waals surface area contributed by atoms with E-state index in [2.05, 4.69) is 38.2 Å². The van der Waals surface area contributed by atoms with Crippen LogP contribution in [0.3, 0.4) is 0 Å². The first-order chi connectivity index (χ1) is 22.8. The fourth-order valence-electron chi connectivity index (χ4n) is 5.90. The maximum atomic E-state index is 13.1. The SMILES string of the molecule is CCCCCCCC/C=C\CCCCCCCC(=O)N(C(=O)CCCCCCC/C=C\CCCCCCCC)[C@@H](CC(N)=O)C(=O)O. The van der Waals surface area contributed by atoms with Crippen LogP contribution >= 0.6 is 0 Å². The molecule has 0 aromatic carbocycles. The summed E-state index contributed by atoms with van der Waals surface area (Å²) in [5.41, 5.74) is 5.28. The summed E-state index contributed by atoms with van der Waals surface area (Å²) < 4.78 is 0. The molecule has 0 aromatic heterocycles. The lowest BCUT2D eigenvalue weighted by Crippen LogP contribution is -2.50. The number of amides is 3. The van der Waals surface area contributed by atoms with Gasteiger partial charge in [-0.1, -0.05) is 141 Å². The number of rotatable bonds is 34. The molecule has 1 atom stereocenters. The normalized spacial score (nSPS) is 12.2. The largest absolute Gasteiger partial charge is 0.480 e. The fraction of sp³-hybridized carbons (Fsp3) is 0.800. The van der Waals surface area contributed by atoms with Crippen LogP contribution in [0.1, 0.15) is 200 Å². The molecular weight excluding hydrogens is 588 g/mol. The Bertz CT molecular complexity index is 802. The van der Waals surface area contributed by atoms with Crippen LogP contribution < -0.4 is 5.73 Å². The third-order valence-electron chi connectivity index (χ3n) is 8.83. The van der Waals surface area contributed by atoms with Crippen molar-refractivity contribution in [2.75, 3.05) is 0 Å². The highest BCUT2D eigenvalue weighted by molar-refractivity contribution is 6.00. The number of allylic oxidation sites excluding steroid dienone is 4. The summed E-state index contributed by atoms with van der Waals surface area (Å²) >= 11 is 0. The number of carbonyl (C=O) groups is 4. The zero-order valence-corrected chi connectivity index (χ0v) is 30.5. The van der Waals surface area contributed by atoms with Crippen molar-refractivity contribution in [1.82, 2.24) is 4.90 Å². The third-order valence-corrected chi connectivity index (χ3v) is 8.83. The van der Waals surface area contributed by atoms with E-state index in [0.717, 1.165) is 81.9 Å². The Labute approximate surface area is 288 Å². The van der Waals surface area contributed by atoms with Crippen LogP contribution in [0.4, 0.5) is 0 Å². The molecule has 0 fully saturated rings. The molecule has 0 aliphatic carbocycles. The average Bonchev–Trinajstić information content (AvgIpc) is 3.04. The van der Waals surface area contributed by atoms with Gasteiger partial charge < -0.3 is 10.8 Å². The predicted molar refractivity (Wildman–Crippen MR) is 196 cm³/mol. The summed E-state index contributed by atoms with van der Waals surface area (Å²) in [5.74, 6) is -3.26. The maximum Gasteiger partial charge on any atom is 0.327 e. The lowest BCUT2D eigenvalue weighted by molar-refractivity contribution is -0.159. The van der Waals surface area contributed by atoms with Gasteiger partial charge in [0, 0.05) is 12.8 Å². The lowest BCUT2D eigenvalue weighted by Gasteiger charge is -2.27. The van der Waals surface area contributed by atoms with Crippen molar-refractivity contribution in [3.05, 3.63) is 24.3 Å². The Morgan fingerprint density at radius 3 is 1.11 bits per heavy atom. The molecule has 3 amide bonds. The molecule has 0 aromatic rings. The number of nitrogens with two attached hydrogens (primary N) is 1. The molecule has 0 aliphatic heterocycles. The summed E-state index contributed by atoms with van der Waals surface area (Å²) in [6.07, 6.45) is 38.3. The first-order valence-corrected chi connectivity index (χ1v) is 19.5. The molecule has 0 spiro atoms. The molecule has 0 heterocycles. The number of nitrogens with zero attached hydrogens (tertiary/aromatic N) is 1. The Morgan fingerprint density at radius 1 is 0.511 bits per heavy atom. The molecule has 7 heteroatoms. The van der Waals surface area contributed by atoms with Crippen LogP contribution in [0.25, 0.3) is 0 Å². The molecule has 47 heavy (non-hydrogen) atoms. The van der Waals surface area contributed by atoms with E-state index in [1.165, 1.54) is 77.0 Å². The molecule has 0 rings (SSSR count). The lowest BCUT2D eigenvalue weighted by atomic mass is 10.0. The second-order valence-electron chi connectivity index (χ2n) is 13.4. The standard InChI is InChI=1S/C40H72N2O5/c1-3-5-7-9-11-13-15-17-19-21-23-25-27-29-31-33-38(44)42(36(40(46)47)35-37(41)43)39(45)34-32-30-28-26-24-22-20-18-16-14-12-10-8-6-4-2/h17-20,36H,3-16,21-35H2,1-2H3,(H2,41,43)(H,46,47)/b19-17-,20-18-/t36-/m0/s1. The van der Waals surface area contributed by atoms with Crippen molar-refractivity contribution in [2.24, 2.45) is 5.73 Å². The number of aliphatic carboxylic acids is 1. The zero-order valence-electron chi connectivity index (χ0n) is 30.5. The quantitative estimate of drug-likeness (QED) is 0.0526. The van der Waals surface area contributed by atoms with E-state index in [-0.39, 0.29) is 12.8 Å². The van der Waals surface area contributed by atoms with Gasteiger partial charge in [0.1, 0.15) is 6.04 Å². The van der Waals surface area contributed by atoms with Crippen LogP contribution in [0.15, 0.2) is 24.3 Å². The number of carboxylic acids is 1. The highest BCUT2D eigenvalue weighted by Crippen LogP contribution is 2.17. The minimum absolute atomic E-state index is 0.0960. The van der Waals surface area contributed by atoms with Crippen LogP contribution in [-0.4, -0.2) is 39.7 Å². The van der Waals surface area contributed by atoms with Crippen LogP contribution in [0, 0.1) is 0 Å². The van der Waals surface area contributed by atoms with E-state index in [4.69, 9.17) is 5.73 Å². The van der Waals surface area contributed by atoms with Crippen molar-refractivity contribution in [1.29, 1.82) is 0 Å². The Morgan fingerprint density at radius 2 is 0.809 bits per heavy atom. The van der Waals surface area contributed by atoms with Crippen molar-refractivity contribution in [2.45, 2.75) is 206 Å². The molecule has 0 aliphatic rings. The van der Waals surface area contributed by atoms with Crippen LogP contribution in [-0.2, 0) is 19.2 Å². The van der Waals surface area contributed by atoms with Gasteiger partial charge in [0.25, 0.3) is 0 Å². The summed E-state index contributed by atoms with van der Waals surface area (Å²) in [4.78, 5) is 50.5. The van der Waals surface area contributed by atoms with Crippen molar-refractivity contribution < 1.29 is 24.3 Å². The van der Waals surface area contributed by atoms with Gasteiger partial charge in [-0.3, -0.25) is 19.3 Å². The molecule has 0 saturated carbocycles. The number of unbranched alkanes of at least 4 members (excludes halogenated alkanes) is 22. The summed E-state index contributed by atoms with van der Waals surface area (Å²) in [6, 6.07) is -1.54. The number of carbonyl (C=O) groups excluding carboxylic acids is 3. The van der Waals surface area contributed by atoms with Crippen LogP contribution in [0.5, 0.6) is 0 Å². The first kappa shape index (κ1) is 44.6. The Kier molecular flexibility index (Phi) is 31.7. The van der Waals surface area contributed by atoms with Gasteiger partial charge in [-0.15, -0.1) is 0 Å². The number of carboxylic acid groups (broad SMARTS) is 1. The molecule has 0 unspecified atom stereocenters. The first-order valence-electron chi connectivity index (χ1n) is 19.5. The number of imide groups is 1. The highest BCUT2D eigenvalue weighted by Gasteiger charge is 2.35. The molecule has 0 radical (unpaired) electrons. The molecule has 0 saturated heterocycles. The third kappa shape index (κ3) is 28.3. The second kappa shape index (κ2) is 33.5. The monoisotopic (exact) mass is 661 g/mol. The maximum absolute atomic E-state index is 13.1. The summed E-state index contributed by atoms with van der Waals surface area (Å²) in [5, 5.41) is 9.73. The van der Waals surface area contributed by atoms with E-state index in [1.807, 2.05) is 0 Å². The Hall–Kier alpha value is -2.44. The van der Waals surface area contributed by atoms with Crippen LogP contribution in [0.2, 0.25) is 0 Å². The van der Waals surface area contributed by atoms with Crippen molar-refractivity contribution in [3.63, 3.8) is 0 Å². The molecule has 272 valence electrons. The van der Waals surface area contributed by atoms with E-state index >= 15 is 0 Å². The number of hydrogen-bond acceptors (Lipinski definition) is 4. The van der Waals surface area contributed by atoms with Gasteiger partial charge in [0.2, 0.25) is 17.7 Å². The van der Waals surface area contributed by atoms with Crippen molar-refractivity contribution in [3.8, 4) is 0 Å². The van der Waals surface area contributed by atoms with E-state index in [0.29, 0.717) is 12.8 Å². The molecule has 0 bridgehead atoms. The number of hydrogen-bond donors (Lipinski definition) is 2. The van der Waals surface area contributed by atoms with Gasteiger partial charge in [-0.05, 0) is 64.2 Å². The van der Waals surface area contributed by atoms with Gasteiger partial charge in [-0.2, -0.15) is 0 Å². The number of primary amides is 1. The average molecular weight is 661 g/mol. The molecule has 7 nitrogen and oxygen atoms in total. The fourth-order valence-corrected chi connectivity index (χ4v) is 5.90. The molecular formula is C40H72N2O5. The van der Waals surface area contributed by atoms with E-state index < -0.39 is 36.2 Å². The van der Waals surface area contributed by atoms with Gasteiger partial charge in [0.05, 0.1) is 6.42 Å². The zero-order chi connectivity index (χ0) is 34.8. The highest BCUT2D eigenvalue weighted by atomic mass is 16.4. The Balaban J connectivity index is 4.33. The molecule has 3 N–H and O–H groups in total. The predicted octanol–water partition coefficient (Wildman–Crippen LogP) is 10.7. The minimum atomic E-state index is -1.54. The van der Waals surface area contributed by atoms with Gasteiger partial charge in [0.15, 0.2) is 0 Å². The minimum Gasteiger partial charge on any atom is -0.480 e. The van der Waals surface area contributed by atoms with Gasteiger partial charge >= 0.3 is 5.97 Å². The van der Waals surface area contributed by atoms with Gasteiger partial charge in [-0.25, -0.2) is 4.79 Å². The summed E-state index contributed by atoms with van der Waals surface area (Å²) in [7, 11) is 0. The van der Waals surface area contributed by atoms with E-state index in [1.54, 1.807) is 0 Å². The van der Waals surface area contributed by atoms with E-state index in [9.17, 15) is 24.3 Å². The van der Waals surface area contributed by atoms with Crippen molar-refractivity contribution >= 4 is 23.7 Å².